The number of rotatable bonds is 2. The molecule has 1 aliphatic carbocycles. The van der Waals surface area contributed by atoms with Gasteiger partial charge in [-0.25, -0.2) is 0 Å². The zero-order valence-corrected chi connectivity index (χ0v) is 13.1. The molecule has 0 N–H and O–H groups in total. The Hall–Kier alpha value is -1.51. The molecule has 0 spiro atoms. The summed E-state index contributed by atoms with van der Waals surface area (Å²) in [5.41, 5.74) is 2.58. The second-order valence-corrected chi connectivity index (χ2v) is 6.48. The van der Waals surface area contributed by atoms with E-state index in [1.165, 1.54) is 30.5 Å². The number of aryl methyl sites for hydroxylation is 1. The molecule has 1 aromatic rings. The van der Waals surface area contributed by atoms with Crippen molar-refractivity contribution in [1.29, 1.82) is 0 Å². The molecule has 0 aromatic heterocycles. The van der Waals surface area contributed by atoms with Crippen molar-refractivity contribution in [2.24, 2.45) is 5.92 Å². The fourth-order valence-electron chi connectivity index (χ4n) is 3.55. The third-order valence-corrected chi connectivity index (χ3v) is 4.94. The molecule has 3 rings (SSSR count). The Morgan fingerprint density at radius 1 is 0.952 bits per heavy atom. The van der Waals surface area contributed by atoms with Gasteiger partial charge in [-0.05, 0) is 31.9 Å². The lowest BCUT2D eigenvalue weighted by Gasteiger charge is -2.38. The molecule has 3 nitrogen and oxygen atoms in total. The topological polar surface area (TPSA) is 23.6 Å². The maximum Gasteiger partial charge on any atom is 0.225 e. The van der Waals surface area contributed by atoms with Crippen molar-refractivity contribution in [1.82, 2.24) is 4.90 Å². The second-order valence-electron chi connectivity index (χ2n) is 6.48. The van der Waals surface area contributed by atoms with Crippen LogP contribution < -0.4 is 4.90 Å². The molecule has 1 amide bonds. The Bertz CT molecular complexity index is 468. The minimum absolute atomic E-state index is 0.310. The van der Waals surface area contributed by atoms with E-state index in [2.05, 4.69) is 41.0 Å². The molecule has 1 heterocycles. The lowest BCUT2D eigenvalue weighted by atomic mass is 9.88. The van der Waals surface area contributed by atoms with Gasteiger partial charge in [0.15, 0.2) is 0 Å². The summed E-state index contributed by atoms with van der Waals surface area (Å²) in [5.74, 6) is 0.725. The number of anilines is 1. The normalized spacial score (nSPS) is 20.6. The lowest BCUT2D eigenvalue weighted by molar-refractivity contribution is -0.136. The van der Waals surface area contributed by atoms with Crippen molar-refractivity contribution in [3.05, 3.63) is 29.8 Å². The van der Waals surface area contributed by atoms with Crippen molar-refractivity contribution in [3.8, 4) is 0 Å². The van der Waals surface area contributed by atoms with Crippen molar-refractivity contribution >= 4 is 11.6 Å². The van der Waals surface area contributed by atoms with E-state index >= 15 is 0 Å². The highest BCUT2D eigenvalue weighted by Crippen LogP contribution is 2.26. The molecule has 21 heavy (non-hydrogen) atoms. The van der Waals surface area contributed by atoms with Gasteiger partial charge in [-0.2, -0.15) is 0 Å². The molecule has 0 unspecified atom stereocenters. The maximum atomic E-state index is 12.5. The summed E-state index contributed by atoms with van der Waals surface area (Å²) in [4.78, 5) is 17.0. The predicted octanol–water partition coefficient (Wildman–Crippen LogP) is 3.22. The van der Waals surface area contributed by atoms with Gasteiger partial charge in [0.05, 0.1) is 0 Å². The summed E-state index contributed by atoms with van der Waals surface area (Å²) in [6, 6.07) is 8.70. The summed E-state index contributed by atoms with van der Waals surface area (Å²) in [5, 5.41) is 0. The van der Waals surface area contributed by atoms with Gasteiger partial charge in [-0.3, -0.25) is 4.79 Å². The minimum atomic E-state index is 0.310. The van der Waals surface area contributed by atoms with E-state index in [0.29, 0.717) is 11.8 Å². The third-order valence-electron chi connectivity index (χ3n) is 4.94. The number of amides is 1. The van der Waals surface area contributed by atoms with E-state index in [1.807, 2.05) is 0 Å². The summed E-state index contributed by atoms with van der Waals surface area (Å²) >= 11 is 0. The molecule has 1 aliphatic heterocycles. The molecule has 1 saturated heterocycles. The van der Waals surface area contributed by atoms with Crippen LogP contribution in [-0.4, -0.2) is 37.0 Å². The molecular weight excluding hydrogens is 260 g/mol. The zero-order valence-electron chi connectivity index (χ0n) is 13.1. The Labute approximate surface area is 127 Å². The lowest BCUT2D eigenvalue weighted by Crippen LogP contribution is -2.50. The first kappa shape index (κ1) is 14.4. The summed E-state index contributed by atoms with van der Waals surface area (Å²) < 4.78 is 0. The molecular formula is C18H26N2O. The van der Waals surface area contributed by atoms with E-state index in [-0.39, 0.29) is 0 Å². The Morgan fingerprint density at radius 2 is 1.57 bits per heavy atom. The second kappa shape index (κ2) is 6.50. The van der Waals surface area contributed by atoms with E-state index < -0.39 is 0 Å². The zero-order chi connectivity index (χ0) is 14.7. The summed E-state index contributed by atoms with van der Waals surface area (Å²) in [7, 11) is 0. The van der Waals surface area contributed by atoms with Crippen LogP contribution >= 0.6 is 0 Å². The number of benzene rings is 1. The van der Waals surface area contributed by atoms with E-state index in [4.69, 9.17) is 0 Å². The largest absolute Gasteiger partial charge is 0.368 e. The van der Waals surface area contributed by atoms with Crippen molar-refractivity contribution in [2.75, 3.05) is 31.1 Å². The molecule has 0 bridgehead atoms. The molecule has 3 heteroatoms. The summed E-state index contributed by atoms with van der Waals surface area (Å²) in [6.45, 7) is 5.79. The van der Waals surface area contributed by atoms with Gasteiger partial charge in [0.25, 0.3) is 0 Å². The number of nitrogens with zero attached hydrogens (tertiary/aromatic N) is 2. The van der Waals surface area contributed by atoms with Crippen LogP contribution in [0.5, 0.6) is 0 Å². The predicted molar refractivity (Wildman–Crippen MR) is 86.5 cm³/mol. The fraction of sp³-hybridized carbons (Fsp3) is 0.611. The van der Waals surface area contributed by atoms with E-state index in [1.54, 1.807) is 0 Å². The molecule has 0 atom stereocenters. The van der Waals surface area contributed by atoms with Crippen LogP contribution in [0.4, 0.5) is 5.69 Å². The van der Waals surface area contributed by atoms with Gasteiger partial charge in [0, 0.05) is 37.8 Å². The molecule has 0 radical (unpaired) electrons. The SMILES string of the molecule is Cc1ccc(N2CCN(C(=O)C3CCCCC3)CC2)cc1. The highest BCUT2D eigenvalue weighted by atomic mass is 16.2. The number of hydrogen-bond donors (Lipinski definition) is 0. The monoisotopic (exact) mass is 286 g/mol. The van der Waals surface area contributed by atoms with Crippen LogP contribution in [0.2, 0.25) is 0 Å². The van der Waals surface area contributed by atoms with Crippen LogP contribution in [0.1, 0.15) is 37.7 Å². The van der Waals surface area contributed by atoms with Crippen LogP contribution in [0, 0.1) is 12.8 Å². The first-order chi connectivity index (χ1) is 10.2. The van der Waals surface area contributed by atoms with Crippen LogP contribution in [0.3, 0.4) is 0 Å². The number of piperazine rings is 1. The third kappa shape index (κ3) is 3.39. The van der Waals surface area contributed by atoms with E-state index in [9.17, 15) is 4.79 Å². The average Bonchev–Trinajstić information content (AvgIpc) is 2.56. The molecule has 114 valence electrons. The Balaban J connectivity index is 1.54. The van der Waals surface area contributed by atoms with Gasteiger partial charge >= 0.3 is 0 Å². The molecule has 2 fully saturated rings. The minimum Gasteiger partial charge on any atom is -0.368 e. The highest BCUT2D eigenvalue weighted by Gasteiger charge is 2.28. The van der Waals surface area contributed by atoms with Gasteiger partial charge < -0.3 is 9.80 Å². The molecule has 1 saturated carbocycles. The van der Waals surface area contributed by atoms with Gasteiger partial charge in [0.2, 0.25) is 5.91 Å². The number of hydrogen-bond acceptors (Lipinski definition) is 2. The van der Waals surface area contributed by atoms with Crippen molar-refractivity contribution < 1.29 is 4.79 Å². The van der Waals surface area contributed by atoms with Gasteiger partial charge in [-0.15, -0.1) is 0 Å². The van der Waals surface area contributed by atoms with Crippen molar-refractivity contribution in [3.63, 3.8) is 0 Å². The van der Waals surface area contributed by atoms with Crippen LogP contribution in [0.15, 0.2) is 24.3 Å². The highest BCUT2D eigenvalue weighted by molar-refractivity contribution is 5.79. The van der Waals surface area contributed by atoms with Crippen LogP contribution in [-0.2, 0) is 4.79 Å². The Kier molecular flexibility index (Phi) is 4.47. The Morgan fingerprint density at radius 3 is 2.19 bits per heavy atom. The molecule has 1 aromatic carbocycles. The standard InChI is InChI=1S/C18H26N2O/c1-15-7-9-17(10-8-15)19-11-13-20(14-12-19)18(21)16-5-3-2-4-6-16/h7-10,16H,2-6,11-14H2,1H3. The first-order valence-electron chi connectivity index (χ1n) is 8.34. The van der Waals surface area contributed by atoms with Crippen LogP contribution in [0.25, 0.3) is 0 Å². The first-order valence-corrected chi connectivity index (χ1v) is 8.34. The van der Waals surface area contributed by atoms with Crippen molar-refractivity contribution in [2.45, 2.75) is 39.0 Å². The smallest absolute Gasteiger partial charge is 0.225 e. The number of carbonyl (C=O) groups excluding carboxylic acids is 1. The number of carbonyl (C=O) groups is 1. The van der Waals surface area contributed by atoms with E-state index in [0.717, 1.165) is 39.0 Å². The van der Waals surface area contributed by atoms with Gasteiger partial charge in [-0.1, -0.05) is 37.0 Å². The quantitative estimate of drug-likeness (QED) is 0.833. The maximum absolute atomic E-state index is 12.5. The summed E-state index contributed by atoms with van der Waals surface area (Å²) in [6.07, 6.45) is 6.00. The molecule has 2 aliphatic rings. The fourth-order valence-corrected chi connectivity index (χ4v) is 3.55. The average molecular weight is 286 g/mol. The van der Waals surface area contributed by atoms with Gasteiger partial charge in [0.1, 0.15) is 0 Å².